The van der Waals surface area contributed by atoms with Crippen LogP contribution in [0.5, 0.6) is 0 Å². The molecular weight excluding hydrogens is 358 g/mol. The van der Waals surface area contributed by atoms with Crippen molar-refractivity contribution >= 4 is 34.4 Å². The molecule has 2 aromatic carbocycles. The van der Waals surface area contributed by atoms with E-state index in [0.717, 1.165) is 23.6 Å². The van der Waals surface area contributed by atoms with Crippen molar-refractivity contribution in [3.05, 3.63) is 48.0 Å². The lowest BCUT2D eigenvalue weighted by Gasteiger charge is -2.30. The first-order valence-corrected chi connectivity index (χ1v) is 10.7. The minimum atomic E-state index is -0.516. The second-order valence-corrected chi connectivity index (χ2v) is 8.43. The number of hydrogen-bond donors (Lipinski definition) is 0. The van der Waals surface area contributed by atoms with Gasteiger partial charge in [-0.2, -0.15) is 0 Å². The minimum absolute atomic E-state index is 0.0207. The molecule has 1 fully saturated rings. The highest BCUT2D eigenvalue weighted by Crippen LogP contribution is 2.36. The lowest BCUT2D eigenvalue weighted by Crippen LogP contribution is -2.47. The van der Waals surface area contributed by atoms with E-state index in [1.807, 2.05) is 42.5 Å². The SMILES string of the molecule is CCCCOC(=O)C1CSC(C(C)C)N1C(=O)c1ccc2ccccc2c1. The Kier molecular flexibility index (Phi) is 6.42. The summed E-state index contributed by atoms with van der Waals surface area (Å²) in [7, 11) is 0. The average molecular weight is 386 g/mol. The third-order valence-corrected chi connectivity index (χ3v) is 6.47. The Bertz CT molecular complexity index is 820. The van der Waals surface area contributed by atoms with E-state index in [0.29, 0.717) is 17.9 Å². The third kappa shape index (κ3) is 4.29. The van der Waals surface area contributed by atoms with Gasteiger partial charge in [0.25, 0.3) is 5.91 Å². The van der Waals surface area contributed by atoms with Crippen LogP contribution in [0.1, 0.15) is 44.0 Å². The molecule has 0 saturated carbocycles. The van der Waals surface area contributed by atoms with E-state index in [1.54, 1.807) is 16.7 Å². The van der Waals surface area contributed by atoms with Crippen molar-refractivity contribution < 1.29 is 14.3 Å². The number of thioether (sulfide) groups is 1. The molecule has 0 N–H and O–H groups in total. The zero-order valence-corrected chi connectivity index (χ0v) is 17.0. The molecule has 4 nitrogen and oxygen atoms in total. The first-order valence-electron chi connectivity index (χ1n) is 9.62. The van der Waals surface area contributed by atoms with E-state index in [1.165, 1.54) is 0 Å². The second-order valence-electron chi connectivity index (χ2n) is 7.28. The van der Waals surface area contributed by atoms with Crippen LogP contribution in [-0.2, 0) is 9.53 Å². The van der Waals surface area contributed by atoms with Gasteiger partial charge in [0.05, 0.1) is 12.0 Å². The van der Waals surface area contributed by atoms with Crippen LogP contribution in [0.4, 0.5) is 0 Å². The van der Waals surface area contributed by atoms with Crippen LogP contribution in [0.3, 0.4) is 0 Å². The van der Waals surface area contributed by atoms with Crippen molar-refractivity contribution in [2.24, 2.45) is 5.92 Å². The van der Waals surface area contributed by atoms with Crippen LogP contribution < -0.4 is 0 Å². The Hall–Kier alpha value is -2.01. The number of hydrogen-bond acceptors (Lipinski definition) is 4. The minimum Gasteiger partial charge on any atom is -0.464 e. The molecule has 2 aromatic rings. The summed E-state index contributed by atoms with van der Waals surface area (Å²) in [5.74, 6) is 0.468. The largest absolute Gasteiger partial charge is 0.464 e. The van der Waals surface area contributed by atoms with Crippen molar-refractivity contribution in [2.75, 3.05) is 12.4 Å². The van der Waals surface area contributed by atoms with Crippen LogP contribution >= 0.6 is 11.8 Å². The van der Waals surface area contributed by atoms with Crippen LogP contribution in [0, 0.1) is 5.92 Å². The van der Waals surface area contributed by atoms with Crippen molar-refractivity contribution in [1.29, 1.82) is 0 Å². The third-order valence-electron chi connectivity index (χ3n) is 4.85. The van der Waals surface area contributed by atoms with E-state index in [9.17, 15) is 9.59 Å². The zero-order valence-electron chi connectivity index (χ0n) is 16.2. The zero-order chi connectivity index (χ0) is 19.4. The fourth-order valence-corrected chi connectivity index (χ4v) is 4.83. The summed E-state index contributed by atoms with van der Waals surface area (Å²) < 4.78 is 5.43. The number of carbonyl (C=O) groups excluding carboxylic acids is 2. The van der Waals surface area contributed by atoms with Gasteiger partial charge in [-0.1, -0.05) is 57.5 Å². The quantitative estimate of drug-likeness (QED) is 0.533. The molecule has 3 rings (SSSR count). The molecule has 1 heterocycles. The summed E-state index contributed by atoms with van der Waals surface area (Å²) >= 11 is 1.67. The van der Waals surface area contributed by atoms with E-state index in [4.69, 9.17) is 4.74 Å². The molecule has 0 aliphatic carbocycles. The van der Waals surface area contributed by atoms with Crippen molar-refractivity contribution in [1.82, 2.24) is 4.90 Å². The Morgan fingerprint density at radius 3 is 2.63 bits per heavy atom. The summed E-state index contributed by atoms with van der Waals surface area (Å²) in [4.78, 5) is 27.7. The molecule has 144 valence electrons. The molecular formula is C22H27NO3S. The lowest BCUT2D eigenvalue weighted by atomic mass is 10.0. The summed E-state index contributed by atoms with van der Waals surface area (Å²) in [6.07, 6.45) is 1.82. The van der Waals surface area contributed by atoms with Gasteiger partial charge in [0.15, 0.2) is 0 Å². The summed E-state index contributed by atoms with van der Waals surface area (Å²) in [6.45, 7) is 6.65. The Morgan fingerprint density at radius 2 is 1.93 bits per heavy atom. The van der Waals surface area contributed by atoms with Crippen LogP contribution in [-0.4, -0.2) is 40.6 Å². The fourth-order valence-electron chi connectivity index (χ4n) is 3.36. The van der Waals surface area contributed by atoms with Gasteiger partial charge in [0.1, 0.15) is 6.04 Å². The Labute approximate surface area is 165 Å². The molecule has 27 heavy (non-hydrogen) atoms. The van der Waals surface area contributed by atoms with Crippen molar-refractivity contribution in [3.63, 3.8) is 0 Å². The Morgan fingerprint density at radius 1 is 1.19 bits per heavy atom. The first kappa shape index (κ1) is 19.7. The van der Waals surface area contributed by atoms with E-state index < -0.39 is 6.04 Å². The highest BCUT2D eigenvalue weighted by atomic mass is 32.2. The maximum absolute atomic E-state index is 13.4. The predicted molar refractivity (Wildman–Crippen MR) is 111 cm³/mol. The molecule has 1 amide bonds. The molecule has 0 bridgehead atoms. The van der Waals surface area contributed by atoms with Gasteiger partial charge in [0.2, 0.25) is 0 Å². The summed E-state index contributed by atoms with van der Waals surface area (Å²) in [5.41, 5.74) is 0.619. The van der Waals surface area contributed by atoms with E-state index in [-0.39, 0.29) is 23.2 Å². The number of benzene rings is 2. The van der Waals surface area contributed by atoms with E-state index >= 15 is 0 Å². The highest BCUT2D eigenvalue weighted by Gasteiger charge is 2.43. The van der Waals surface area contributed by atoms with Gasteiger partial charge in [-0.3, -0.25) is 4.79 Å². The van der Waals surface area contributed by atoms with Crippen LogP contribution in [0.2, 0.25) is 0 Å². The Balaban J connectivity index is 1.87. The van der Waals surface area contributed by atoms with Gasteiger partial charge < -0.3 is 9.64 Å². The molecule has 5 heteroatoms. The maximum Gasteiger partial charge on any atom is 0.329 e. The molecule has 0 spiro atoms. The number of carbonyl (C=O) groups is 2. The number of rotatable bonds is 6. The molecule has 1 saturated heterocycles. The van der Waals surface area contributed by atoms with Crippen molar-refractivity contribution in [3.8, 4) is 0 Å². The summed E-state index contributed by atoms with van der Waals surface area (Å²) in [5, 5.41) is 2.10. The number of nitrogens with zero attached hydrogens (tertiary/aromatic N) is 1. The van der Waals surface area contributed by atoms with Gasteiger partial charge >= 0.3 is 5.97 Å². The standard InChI is InChI=1S/C22H27NO3S/c1-4-5-12-26-22(25)19-14-27-21(15(2)3)23(19)20(24)18-11-10-16-8-6-7-9-17(16)13-18/h6-11,13,15,19,21H,4-5,12,14H2,1-3H3. The first-order chi connectivity index (χ1) is 13.0. The van der Waals surface area contributed by atoms with Gasteiger partial charge in [-0.25, -0.2) is 4.79 Å². The highest BCUT2D eigenvalue weighted by molar-refractivity contribution is 8.00. The molecule has 0 radical (unpaired) electrons. The number of unbranched alkanes of at least 4 members (excludes halogenated alkanes) is 1. The normalized spacial score (nSPS) is 19.6. The van der Waals surface area contributed by atoms with Gasteiger partial charge in [0, 0.05) is 11.3 Å². The molecule has 1 aliphatic heterocycles. The average Bonchev–Trinajstić information content (AvgIpc) is 3.12. The number of esters is 1. The predicted octanol–water partition coefficient (Wildman–Crippen LogP) is 4.72. The monoisotopic (exact) mass is 385 g/mol. The maximum atomic E-state index is 13.4. The molecule has 2 atom stereocenters. The topological polar surface area (TPSA) is 46.6 Å². The molecule has 2 unspecified atom stereocenters. The van der Waals surface area contributed by atoms with Crippen LogP contribution in [0.15, 0.2) is 42.5 Å². The number of ether oxygens (including phenoxy) is 1. The molecule has 1 aliphatic rings. The second kappa shape index (κ2) is 8.79. The summed E-state index contributed by atoms with van der Waals surface area (Å²) in [6, 6.07) is 13.2. The van der Waals surface area contributed by atoms with Crippen molar-refractivity contribution in [2.45, 2.75) is 45.0 Å². The fraction of sp³-hybridized carbons (Fsp3) is 0.455. The van der Waals surface area contributed by atoms with Crippen LogP contribution in [0.25, 0.3) is 10.8 Å². The molecule has 0 aromatic heterocycles. The number of fused-ring (bicyclic) bond motifs is 1. The van der Waals surface area contributed by atoms with Gasteiger partial charge in [-0.15, -0.1) is 11.8 Å². The number of amides is 1. The van der Waals surface area contributed by atoms with Gasteiger partial charge in [-0.05, 0) is 35.2 Å². The smallest absolute Gasteiger partial charge is 0.329 e. The van der Waals surface area contributed by atoms with E-state index in [2.05, 4.69) is 20.8 Å². The lowest BCUT2D eigenvalue weighted by molar-refractivity contribution is -0.148.